The molecule has 3 amide bonds. The number of carbonyl (C=O) groups excluding carboxylic acids is 4. The lowest BCUT2D eigenvalue weighted by Crippen LogP contribution is -2.56. The number of hydrogen-bond acceptors (Lipinski definition) is 6. The van der Waals surface area contributed by atoms with Gasteiger partial charge in [0.1, 0.15) is 24.2 Å². The Hall–Kier alpha value is -3.10. The number of benzene rings is 1. The number of ether oxygens (including phenoxy) is 2. The van der Waals surface area contributed by atoms with Crippen LogP contribution in [0, 0.1) is 19.8 Å². The zero-order chi connectivity index (χ0) is 27.2. The Morgan fingerprint density at radius 2 is 1.78 bits per heavy atom. The summed E-state index contributed by atoms with van der Waals surface area (Å²) in [5.74, 6) is -1.62. The lowest BCUT2D eigenvalue weighted by Gasteiger charge is -2.36. The van der Waals surface area contributed by atoms with E-state index in [0.29, 0.717) is 12.0 Å². The number of hydrogen-bond donors (Lipinski definition) is 2. The maximum Gasteiger partial charge on any atom is 0.408 e. The van der Waals surface area contributed by atoms with Crippen LogP contribution in [-0.2, 0) is 23.9 Å². The minimum atomic E-state index is -0.971. The van der Waals surface area contributed by atoms with Crippen LogP contribution >= 0.6 is 0 Å². The molecular formula is C27H41N3O6. The average Bonchev–Trinajstić information content (AvgIpc) is 3.63. The Morgan fingerprint density at radius 3 is 2.31 bits per heavy atom. The zero-order valence-electron chi connectivity index (χ0n) is 22.8. The van der Waals surface area contributed by atoms with E-state index in [-0.39, 0.29) is 24.4 Å². The van der Waals surface area contributed by atoms with Gasteiger partial charge in [-0.25, -0.2) is 4.79 Å². The summed E-state index contributed by atoms with van der Waals surface area (Å²) in [5.41, 5.74) is 1.74. The molecule has 1 aromatic carbocycles. The highest BCUT2D eigenvalue weighted by atomic mass is 16.6. The molecule has 1 saturated carbocycles. The van der Waals surface area contributed by atoms with E-state index in [2.05, 4.69) is 15.4 Å². The Balaban J connectivity index is 2.50. The molecule has 0 aromatic heterocycles. The van der Waals surface area contributed by atoms with E-state index in [9.17, 15) is 19.2 Å². The highest BCUT2D eigenvalue weighted by Gasteiger charge is 2.45. The van der Waals surface area contributed by atoms with Gasteiger partial charge < -0.3 is 25.0 Å². The molecule has 0 spiro atoms. The second kappa shape index (κ2) is 12.2. The summed E-state index contributed by atoms with van der Waals surface area (Å²) in [6, 6.07) is 3.73. The van der Waals surface area contributed by atoms with E-state index in [1.54, 1.807) is 25.7 Å². The number of esters is 1. The SMILES string of the molecule is CCC(C)C(NC(=O)OC(C)(C)C)C(=O)N(C1CC1)C(C(=O)NCC(=O)OC)c1cc(C)ccc1C. The molecule has 0 bridgehead atoms. The van der Waals surface area contributed by atoms with Crippen LogP contribution < -0.4 is 10.6 Å². The summed E-state index contributed by atoms with van der Waals surface area (Å²) in [5, 5.41) is 5.39. The van der Waals surface area contributed by atoms with Crippen LogP contribution in [0.5, 0.6) is 0 Å². The third-order valence-corrected chi connectivity index (χ3v) is 6.24. The fourth-order valence-corrected chi connectivity index (χ4v) is 3.95. The number of nitrogens with zero attached hydrogens (tertiary/aromatic N) is 1. The number of amides is 3. The van der Waals surface area contributed by atoms with Crippen LogP contribution in [-0.4, -0.2) is 60.1 Å². The molecule has 1 aromatic rings. The van der Waals surface area contributed by atoms with Gasteiger partial charge in [0.2, 0.25) is 11.8 Å². The fourth-order valence-electron chi connectivity index (χ4n) is 3.95. The largest absolute Gasteiger partial charge is 0.468 e. The van der Waals surface area contributed by atoms with E-state index in [0.717, 1.165) is 24.0 Å². The molecule has 0 radical (unpaired) electrons. The van der Waals surface area contributed by atoms with E-state index >= 15 is 0 Å². The van der Waals surface area contributed by atoms with Crippen molar-refractivity contribution in [1.82, 2.24) is 15.5 Å². The molecule has 1 fully saturated rings. The predicted molar refractivity (Wildman–Crippen MR) is 136 cm³/mol. The lowest BCUT2D eigenvalue weighted by molar-refractivity contribution is -0.145. The average molecular weight is 504 g/mol. The summed E-state index contributed by atoms with van der Waals surface area (Å²) in [6.07, 6.45) is 1.44. The molecule has 200 valence electrons. The molecule has 2 N–H and O–H groups in total. The number of nitrogens with one attached hydrogen (secondary N) is 2. The third kappa shape index (κ3) is 7.96. The molecule has 0 saturated heterocycles. The van der Waals surface area contributed by atoms with Gasteiger partial charge in [-0.05, 0) is 64.5 Å². The van der Waals surface area contributed by atoms with E-state index in [1.807, 2.05) is 45.9 Å². The number of methoxy groups -OCH3 is 1. The van der Waals surface area contributed by atoms with Gasteiger partial charge >= 0.3 is 12.1 Å². The molecule has 0 heterocycles. The predicted octanol–water partition coefficient (Wildman–Crippen LogP) is 3.56. The normalized spacial score (nSPS) is 15.8. The van der Waals surface area contributed by atoms with Crippen LogP contribution in [0.3, 0.4) is 0 Å². The van der Waals surface area contributed by atoms with Gasteiger partial charge in [-0.15, -0.1) is 0 Å². The molecule has 9 nitrogen and oxygen atoms in total. The smallest absolute Gasteiger partial charge is 0.408 e. The van der Waals surface area contributed by atoms with Crippen molar-refractivity contribution >= 4 is 23.9 Å². The van der Waals surface area contributed by atoms with E-state index in [4.69, 9.17) is 4.74 Å². The monoisotopic (exact) mass is 503 g/mol. The molecular weight excluding hydrogens is 462 g/mol. The van der Waals surface area contributed by atoms with E-state index in [1.165, 1.54) is 7.11 Å². The first-order valence-corrected chi connectivity index (χ1v) is 12.5. The minimum absolute atomic E-state index is 0.154. The van der Waals surface area contributed by atoms with Gasteiger partial charge in [0.05, 0.1) is 7.11 Å². The second-order valence-electron chi connectivity index (χ2n) is 10.5. The van der Waals surface area contributed by atoms with Crippen molar-refractivity contribution in [3.63, 3.8) is 0 Å². The molecule has 36 heavy (non-hydrogen) atoms. The topological polar surface area (TPSA) is 114 Å². The summed E-state index contributed by atoms with van der Waals surface area (Å²) in [6.45, 7) is 12.6. The molecule has 1 aliphatic rings. The quantitative estimate of drug-likeness (QED) is 0.472. The number of carbonyl (C=O) groups is 4. The number of aryl methyl sites for hydroxylation is 2. The van der Waals surface area contributed by atoms with Gasteiger partial charge in [-0.2, -0.15) is 0 Å². The van der Waals surface area contributed by atoms with Gasteiger partial charge in [-0.1, -0.05) is 44.0 Å². The molecule has 3 unspecified atom stereocenters. The first-order valence-electron chi connectivity index (χ1n) is 12.5. The molecule has 9 heteroatoms. The summed E-state index contributed by atoms with van der Waals surface area (Å²) < 4.78 is 10.1. The Morgan fingerprint density at radius 1 is 1.14 bits per heavy atom. The van der Waals surface area contributed by atoms with Crippen molar-refractivity contribution in [3.05, 3.63) is 34.9 Å². The minimum Gasteiger partial charge on any atom is -0.468 e. The highest BCUT2D eigenvalue weighted by Crippen LogP contribution is 2.37. The molecule has 2 rings (SSSR count). The van der Waals surface area contributed by atoms with Gasteiger partial charge in [0.15, 0.2) is 0 Å². The summed E-state index contributed by atoms with van der Waals surface area (Å²) in [7, 11) is 1.25. The van der Waals surface area contributed by atoms with E-state index < -0.39 is 35.7 Å². The second-order valence-corrected chi connectivity index (χ2v) is 10.5. The van der Waals surface area contributed by atoms with Crippen LogP contribution in [0.25, 0.3) is 0 Å². The summed E-state index contributed by atoms with van der Waals surface area (Å²) in [4.78, 5) is 53.6. The maximum absolute atomic E-state index is 14.1. The lowest BCUT2D eigenvalue weighted by atomic mass is 9.93. The zero-order valence-corrected chi connectivity index (χ0v) is 22.8. The first-order chi connectivity index (χ1) is 16.8. The van der Waals surface area contributed by atoms with Crippen LogP contribution in [0.1, 0.15) is 76.6 Å². The van der Waals surface area contributed by atoms with Crippen LogP contribution in [0.15, 0.2) is 18.2 Å². The van der Waals surface area contributed by atoms with Gasteiger partial charge in [0.25, 0.3) is 0 Å². The molecule has 1 aliphatic carbocycles. The standard InChI is InChI=1S/C27H41N3O6/c1-9-17(3)22(29-26(34)36-27(5,6)7)25(33)30(19-12-13-19)23(24(32)28-15-21(31)35-8)20-14-16(2)10-11-18(20)4/h10-11,14,17,19,22-23H,9,12-13,15H2,1-8H3,(H,28,32)(H,29,34). The van der Waals surface area contributed by atoms with Crippen molar-refractivity contribution < 1.29 is 28.7 Å². The van der Waals surface area contributed by atoms with Crippen LogP contribution in [0.2, 0.25) is 0 Å². The first kappa shape index (κ1) is 29.1. The molecule has 0 aliphatic heterocycles. The van der Waals surface area contributed by atoms with Gasteiger partial charge in [-0.3, -0.25) is 14.4 Å². The maximum atomic E-state index is 14.1. The van der Waals surface area contributed by atoms with Crippen molar-refractivity contribution in [2.75, 3.05) is 13.7 Å². The molecule has 3 atom stereocenters. The van der Waals surface area contributed by atoms with Gasteiger partial charge in [0, 0.05) is 6.04 Å². The van der Waals surface area contributed by atoms with Crippen LogP contribution in [0.4, 0.5) is 4.79 Å². The fraction of sp³-hybridized carbons (Fsp3) is 0.630. The third-order valence-electron chi connectivity index (χ3n) is 6.24. The Bertz CT molecular complexity index is 967. The Kier molecular flexibility index (Phi) is 9.90. The van der Waals surface area contributed by atoms with Crippen molar-refractivity contribution in [2.24, 2.45) is 5.92 Å². The Labute approximate surface area is 214 Å². The van der Waals surface area contributed by atoms with Crippen molar-refractivity contribution in [3.8, 4) is 0 Å². The van der Waals surface area contributed by atoms with Crippen molar-refractivity contribution in [2.45, 2.75) is 91.5 Å². The van der Waals surface area contributed by atoms with Crippen molar-refractivity contribution in [1.29, 1.82) is 0 Å². The highest BCUT2D eigenvalue weighted by molar-refractivity contribution is 5.94. The summed E-state index contributed by atoms with van der Waals surface area (Å²) >= 11 is 0. The number of rotatable bonds is 10. The number of alkyl carbamates (subject to hydrolysis) is 1.